The molecule has 0 aliphatic rings. The van der Waals surface area contributed by atoms with Crippen molar-refractivity contribution in [1.29, 1.82) is 0 Å². The van der Waals surface area contributed by atoms with E-state index in [1.807, 2.05) is 45.0 Å². The van der Waals surface area contributed by atoms with Gasteiger partial charge in [-0.3, -0.25) is 0 Å². The molecule has 0 unspecified atom stereocenters. The summed E-state index contributed by atoms with van der Waals surface area (Å²) in [5.74, 6) is -0.286. The lowest BCUT2D eigenvalue weighted by Crippen LogP contribution is -2.75. The van der Waals surface area contributed by atoms with Gasteiger partial charge < -0.3 is 14.7 Å². The van der Waals surface area contributed by atoms with Crippen molar-refractivity contribution >= 4 is 39.9 Å². The van der Waals surface area contributed by atoms with E-state index < -0.39 is 29.4 Å². The van der Waals surface area contributed by atoms with Crippen LogP contribution in [0.5, 0.6) is 0 Å². The number of rotatable bonds is 6. The van der Waals surface area contributed by atoms with Crippen LogP contribution in [0.3, 0.4) is 0 Å². The Morgan fingerprint density at radius 3 is 1.11 bits per heavy atom. The summed E-state index contributed by atoms with van der Waals surface area (Å²) in [5.41, 5.74) is 1.97. The van der Waals surface area contributed by atoms with Crippen molar-refractivity contribution < 1.29 is 17.6 Å². The summed E-state index contributed by atoms with van der Waals surface area (Å²) in [7, 11) is 9.98. The Morgan fingerprint density at radius 2 is 0.872 bits per heavy atom. The van der Waals surface area contributed by atoms with E-state index in [2.05, 4.69) is 42.6 Å². The van der Waals surface area contributed by atoms with Gasteiger partial charge in [-0.15, -0.1) is 0 Å². The van der Waals surface area contributed by atoms with Crippen molar-refractivity contribution in [3.63, 3.8) is 0 Å². The van der Waals surface area contributed by atoms with E-state index in [1.54, 1.807) is 48.5 Å². The lowest BCUT2D eigenvalue weighted by molar-refractivity contribution is 0.407. The normalized spacial score (nSPS) is 11.6. The summed E-state index contributed by atoms with van der Waals surface area (Å²) in [6, 6.07) is 24.1. The smallest absolute Gasteiger partial charge is 0.224 e. The molecule has 10 heteroatoms. The molecule has 0 aliphatic heterocycles. The molecule has 250 valence electrons. The average Bonchev–Trinajstić information content (AvgIpc) is 2.99. The molecule has 0 aliphatic carbocycles. The van der Waals surface area contributed by atoms with Gasteiger partial charge in [0.25, 0.3) is 0 Å². The summed E-state index contributed by atoms with van der Waals surface area (Å²) >= 11 is 0. The highest BCUT2D eigenvalue weighted by Gasteiger charge is 2.33. The maximum Gasteiger partial charge on any atom is 0.224 e. The average molecular weight is 647 g/mol. The van der Waals surface area contributed by atoms with Crippen LogP contribution in [0.15, 0.2) is 107 Å². The van der Waals surface area contributed by atoms with Gasteiger partial charge in [-0.1, -0.05) is 72.8 Å². The van der Waals surface area contributed by atoms with E-state index in [0.717, 1.165) is 11.9 Å². The fourth-order valence-corrected chi connectivity index (χ4v) is 5.61. The monoisotopic (exact) mass is 646 g/mol. The molecule has 0 N–H and O–H groups in total. The van der Waals surface area contributed by atoms with Crippen LogP contribution in [0, 0.1) is 23.3 Å². The number of hydrogen-bond donors (Lipinski definition) is 0. The predicted molar refractivity (Wildman–Crippen MR) is 190 cm³/mol. The summed E-state index contributed by atoms with van der Waals surface area (Å²) in [5, 5.41) is 0. The fraction of sp³-hybridized carbons (Fsp3) is 0.297. The Balaban J connectivity index is 0.000000290. The van der Waals surface area contributed by atoms with E-state index in [4.69, 9.17) is 0 Å². The van der Waals surface area contributed by atoms with Gasteiger partial charge in [0.2, 0.25) is 11.9 Å². The lowest BCUT2D eigenvalue weighted by atomic mass is 9.13. The number of halogens is 4. The number of benzene rings is 4. The molecule has 0 heterocycles. The van der Waals surface area contributed by atoms with Gasteiger partial charge in [0.1, 0.15) is 29.4 Å². The molecule has 0 aromatic heterocycles. The molecule has 0 atom stereocenters. The third-order valence-electron chi connectivity index (χ3n) is 7.86. The molecule has 0 bridgehead atoms. The minimum atomic E-state index is -2.25. The molecule has 0 radical (unpaired) electrons. The van der Waals surface area contributed by atoms with Gasteiger partial charge in [-0.2, -0.15) is 26.8 Å². The highest BCUT2D eigenvalue weighted by atomic mass is 19.1. The standard InChI is InChI=1S/C24H16BF4.C13H29N5/c26-21-9-1-5-17(13-21)25(18-6-2-10-22(27)14-18,19-7-3-11-23(28)15-19)20-8-4-12-24(29)16-20;1-10(2)14-12(18(9)11(3)4)15-13(16(5)6)17(7)8/h1-16H;10-11H,1-9H3/q-1;. The molecule has 0 saturated carbocycles. The van der Waals surface area contributed by atoms with Crippen LogP contribution >= 0.6 is 0 Å². The minimum absolute atomic E-state index is 0.232. The Hall–Kier alpha value is -4.60. The Kier molecular flexibility index (Phi) is 12.8. The van der Waals surface area contributed by atoms with Gasteiger partial charge in [0.05, 0.1) is 0 Å². The number of aliphatic imine (C=N–C) groups is 2. The van der Waals surface area contributed by atoms with Crippen molar-refractivity contribution in [3.05, 3.63) is 120 Å². The minimum Gasteiger partial charge on any atom is -0.349 e. The summed E-state index contributed by atoms with van der Waals surface area (Å²) in [4.78, 5) is 15.4. The number of nitrogens with zero attached hydrogens (tertiary/aromatic N) is 5. The van der Waals surface area contributed by atoms with Crippen molar-refractivity contribution in [2.75, 3.05) is 35.2 Å². The fourth-order valence-electron chi connectivity index (χ4n) is 5.61. The van der Waals surface area contributed by atoms with Crippen LogP contribution in [-0.4, -0.2) is 80.1 Å². The quantitative estimate of drug-likeness (QED) is 0.125. The topological polar surface area (TPSA) is 34.4 Å². The molecule has 0 spiro atoms. The molecule has 4 aromatic carbocycles. The van der Waals surface area contributed by atoms with E-state index in [1.165, 1.54) is 48.5 Å². The molecule has 4 rings (SSSR count). The first-order chi connectivity index (χ1) is 22.2. The zero-order chi connectivity index (χ0) is 34.9. The Morgan fingerprint density at radius 1 is 0.553 bits per heavy atom. The molecular formula is C37H45BF4N5-. The largest absolute Gasteiger partial charge is 0.349 e. The maximum absolute atomic E-state index is 14.3. The number of hydrogen-bond acceptors (Lipinski definition) is 1. The van der Waals surface area contributed by atoms with Gasteiger partial charge in [0.15, 0.2) is 0 Å². The Labute approximate surface area is 277 Å². The van der Waals surface area contributed by atoms with Crippen molar-refractivity contribution in [3.8, 4) is 0 Å². The summed E-state index contributed by atoms with van der Waals surface area (Å²) in [6.07, 6.45) is -2.25. The van der Waals surface area contributed by atoms with Crippen LogP contribution in [0.4, 0.5) is 17.6 Å². The molecule has 0 amide bonds. The summed E-state index contributed by atoms with van der Waals surface area (Å²) in [6.45, 7) is 8.40. The van der Waals surface area contributed by atoms with E-state index in [-0.39, 0.29) is 6.04 Å². The van der Waals surface area contributed by atoms with Crippen LogP contribution in [0.25, 0.3) is 0 Å². The molecule has 5 nitrogen and oxygen atoms in total. The maximum atomic E-state index is 14.3. The molecule has 47 heavy (non-hydrogen) atoms. The van der Waals surface area contributed by atoms with Gasteiger partial charge >= 0.3 is 0 Å². The second-order valence-electron chi connectivity index (χ2n) is 12.5. The van der Waals surface area contributed by atoms with Gasteiger partial charge in [-0.25, -0.2) is 22.6 Å². The molecular weight excluding hydrogens is 601 g/mol. The van der Waals surface area contributed by atoms with Crippen LogP contribution in [0.1, 0.15) is 27.7 Å². The van der Waals surface area contributed by atoms with Crippen LogP contribution < -0.4 is 21.9 Å². The molecule has 0 saturated heterocycles. The van der Waals surface area contributed by atoms with E-state index in [9.17, 15) is 17.6 Å². The zero-order valence-corrected chi connectivity index (χ0v) is 28.7. The third kappa shape index (κ3) is 9.24. The predicted octanol–water partition coefficient (Wildman–Crippen LogP) is 5.19. The number of guanidine groups is 2. The van der Waals surface area contributed by atoms with Crippen LogP contribution in [-0.2, 0) is 0 Å². The van der Waals surface area contributed by atoms with Crippen molar-refractivity contribution in [2.45, 2.75) is 39.8 Å². The van der Waals surface area contributed by atoms with Crippen molar-refractivity contribution in [2.24, 2.45) is 9.98 Å². The van der Waals surface area contributed by atoms with Crippen LogP contribution in [0.2, 0.25) is 0 Å². The van der Waals surface area contributed by atoms with E-state index >= 15 is 0 Å². The van der Waals surface area contributed by atoms with E-state index in [0.29, 0.717) is 27.9 Å². The highest BCUT2D eigenvalue weighted by molar-refractivity contribution is 7.19. The molecule has 4 aromatic rings. The second-order valence-corrected chi connectivity index (χ2v) is 12.5. The first-order valence-corrected chi connectivity index (χ1v) is 15.6. The SMILES string of the molecule is CC(C)N=C(N=C(N(C)C)N(C)C)N(C)C(C)C.Fc1cccc([B-](c2cccc(F)c2)(c2cccc(F)c2)c2cccc(F)c2)c1. The lowest BCUT2D eigenvalue weighted by Gasteiger charge is -2.44. The summed E-state index contributed by atoms with van der Waals surface area (Å²) < 4.78 is 57.1. The zero-order valence-electron chi connectivity index (χ0n) is 28.7. The highest BCUT2D eigenvalue weighted by Crippen LogP contribution is 2.13. The second kappa shape index (κ2) is 16.3. The third-order valence-corrected chi connectivity index (χ3v) is 7.86. The molecule has 0 fully saturated rings. The first-order valence-electron chi connectivity index (χ1n) is 15.6. The van der Waals surface area contributed by atoms with Gasteiger partial charge in [0, 0.05) is 47.3 Å². The van der Waals surface area contributed by atoms with Crippen molar-refractivity contribution in [1.82, 2.24) is 14.7 Å². The Bertz CT molecular complexity index is 1490. The van der Waals surface area contributed by atoms with Gasteiger partial charge in [-0.05, 0) is 52.0 Å². The first kappa shape index (κ1) is 36.9.